The summed E-state index contributed by atoms with van der Waals surface area (Å²) in [4.78, 5) is 16.9. The minimum absolute atomic E-state index is 0.0408. The molecular formula is C12H14N2O2S. The summed E-state index contributed by atoms with van der Waals surface area (Å²) >= 11 is 1.68. The van der Waals surface area contributed by atoms with E-state index in [1.807, 2.05) is 17.5 Å². The highest BCUT2D eigenvalue weighted by Gasteiger charge is 2.04. The number of oxazole rings is 1. The van der Waals surface area contributed by atoms with Crippen LogP contribution in [0.25, 0.3) is 0 Å². The smallest absolute Gasteiger partial charge is 0.220 e. The van der Waals surface area contributed by atoms with Gasteiger partial charge in [-0.3, -0.25) is 4.79 Å². The third-order valence-electron chi connectivity index (χ3n) is 2.31. The molecule has 0 radical (unpaired) electrons. The van der Waals surface area contributed by atoms with Gasteiger partial charge >= 0.3 is 0 Å². The second-order valence-corrected chi connectivity index (χ2v) is 4.75. The molecule has 0 saturated carbocycles. The lowest BCUT2D eigenvalue weighted by molar-refractivity contribution is -0.121. The van der Waals surface area contributed by atoms with Gasteiger partial charge in [-0.1, -0.05) is 6.07 Å². The molecule has 1 amide bonds. The summed E-state index contributed by atoms with van der Waals surface area (Å²) in [6, 6.07) is 4.04. The van der Waals surface area contributed by atoms with Crippen molar-refractivity contribution < 1.29 is 9.21 Å². The Morgan fingerprint density at radius 2 is 2.47 bits per heavy atom. The zero-order valence-corrected chi connectivity index (χ0v) is 10.4. The van der Waals surface area contributed by atoms with Crippen LogP contribution in [0.4, 0.5) is 0 Å². The van der Waals surface area contributed by atoms with Crippen molar-refractivity contribution in [2.45, 2.75) is 26.3 Å². The predicted octanol–water partition coefficient (Wildman–Crippen LogP) is 2.29. The van der Waals surface area contributed by atoms with Gasteiger partial charge in [-0.25, -0.2) is 4.98 Å². The Balaban J connectivity index is 1.71. The maximum atomic E-state index is 11.6. The Hall–Kier alpha value is -1.62. The molecule has 2 aromatic rings. The number of aromatic nitrogens is 1. The molecule has 0 bridgehead atoms. The van der Waals surface area contributed by atoms with Crippen LogP contribution in [-0.2, 0) is 17.8 Å². The fourth-order valence-corrected chi connectivity index (χ4v) is 2.17. The lowest BCUT2D eigenvalue weighted by atomic mass is 10.2. The van der Waals surface area contributed by atoms with E-state index in [0.29, 0.717) is 18.9 Å². The van der Waals surface area contributed by atoms with E-state index in [0.717, 1.165) is 12.1 Å². The van der Waals surface area contributed by atoms with Crippen LogP contribution in [0.2, 0.25) is 0 Å². The minimum atomic E-state index is 0.0408. The highest BCUT2D eigenvalue weighted by atomic mass is 32.1. The van der Waals surface area contributed by atoms with E-state index in [9.17, 15) is 4.79 Å². The average Bonchev–Trinajstić information content (AvgIpc) is 2.95. The van der Waals surface area contributed by atoms with Gasteiger partial charge in [-0.2, -0.15) is 0 Å². The number of carbonyl (C=O) groups is 1. The van der Waals surface area contributed by atoms with Gasteiger partial charge < -0.3 is 9.73 Å². The Morgan fingerprint density at radius 3 is 3.12 bits per heavy atom. The first-order valence-electron chi connectivity index (χ1n) is 5.44. The van der Waals surface area contributed by atoms with Gasteiger partial charge in [0.2, 0.25) is 5.91 Å². The first kappa shape index (κ1) is 11.9. The predicted molar refractivity (Wildman–Crippen MR) is 65.7 cm³/mol. The summed E-state index contributed by atoms with van der Waals surface area (Å²) in [5.41, 5.74) is 0.756. The Morgan fingerprint density at radius 1 is 1.59 bits per heavy atom. The van der Waals surface area contributed by atoms with Crippen LogP contribution in [0.3, 0.4) is 0 Å². The largest absolute Gasteiger partial charge is 0.449 e. The van der Waals surface area contributed by atoms with E-state index in [2.05, 4.69) is 10.3 Å². The van der Waals surface area contributed by atoms with Crippen LogP contribution in [0.1, 0.15) is 22.9 Å². The molecule has 5 heteroatoms. The van der Waals surface area contributed by atoms with Gasteiger partial charge in [-0.15, -0.1) is 11.3 Å². The molecule has 0 unspecified atom stereocenters. The number of hydrogen-bond acceptors (Lipinski definition) is 4. The summed E-state index contributed by atoms with van der Waals surface area (Å²) in [6.07, 6.45) is 2.87. The highest BCUT2D eigenvalue weighted by molar-refractivity contribution is 7.09. The van der Waals surface area contributed by atoms with Crippen molar-refractivity contribution in [3.05, 3.63) is 40.2 Å². The van der Waals surface area contributed by atoms with Crippen molar-refractivity contribution >= 4 is 17.2 Å². The van der Waals surface area contributed by atoms with Gasteiger partial charge in [0.1, 0.15) is 6.26 Å². The average molecular weight is 250 g/mol. The number of hydrogen-bond donors (Lipinski definition) is 1. The number of rotatable bonds is 5. The van der Waals surface area contributed by atoms with Crippen LogP contribution < -0.4 is 5.32 Å². The van der Waals surface area contributed by atoms with Crippen molar-refractivity contribution in [1.29, 1.82) is 0 Å². The summed E-state index contributed by atoms with van der Waals surface area (Å²) in [5.74, 6) is 0.659. The highest BCUT2D eigenvalue weighted by Crippen LogP contribution is 2.10. The van der Waals surface area contributed by atoms with Gasteiger partial charge in [0.15, 0.2) is 5.89 Å². The zero-order chi connectivity index (χ0) is 12.1. The fourth-order valence-electron chi connectivity index (χ4n) is 1.46. The van der Waals surface area contributed by atoms with Gasteiger partial charge in [-0.05, 0) is 17.9 Å². The Bertz CT molecular complexity index is 476. The number of thiophene rings is 1. The molecule has 0 atom stereocenters. The quantitative estimate of drug-likeness (QED) is 0.885. The molecule has 2 rings (SSSR count). The fraction of sp³-hybridized carbons (Fsp3) is 0.333. The van der Waals surface area contributed by atoms with E-state index < -0.39 is 0 Å². The van der Waals surface area contributed by atoms with Crippen molar-refractivity contribution in [2.24, 2.45) is 0 Å². The summed E-state index contributed by atoms with van der Waals surface area (Å²) in [6.45, 7) is 2.21. The number of amides is 1. The maximum Gasteiger partial charge on any atom is 0.220 e. The van der Waals surface area contributed by atoms with Crippen molar-refractivity contribution in [3.63, 3.8) is 0 Å². The molecule has 4 nitrogen and oxygen atoms in total. The molecule has 0 aromatic carbocycles. The minimum Gasteiger partial charge on any atom is -0.449 e. The second kappa shape index (κ2) is 5.63. The first-order valence-corrected chi connectivity index (χ1v) is 6.32. The lowest BCUT2D eigenvalue weighted by Gasteiger charge is -2.01. The topological polar surface area (TPSA) is 55.1 Å². The van der Waals surface area contributed by atoms with Crippen LogP contribution in [-0.4, -0.2) is 10.9 Å². The third kappa shape index (κ3) is 3.71. The molecule has 0 aliphatic rings. The molecule has 2 heterocycles. The summed E-state index contributed by atoms with van der Waals surface area (Å²) < 4.78 is 5.05. The summed E-state index contributed by atoms with van der Waals surface area (Å²) in [5, 5.41) is 4.84. The molecule has 0 spiro atoms. The van der Waals surface area contributed by atoms with E-state index >= 15 is 0 Å². The lowest BCUT2D eigenvalue weighted by Crippen LogP contribution is -2.23. The normalized spacial score (nSPS) is 10.4. The second-order valence-electron chi connectivity index (χ2n) is 3.71. The molecule has 1 N–H and O–H groups in total. The molecule has 0 fully saturated rings. The Kier molecular flexibility index (Phi) is 3.93. The Labute approximate surface area is 104 Å². The standard InChI is InChI=1S/C12H14N2O2S/c1-9-14-10(8-16-9)7-13-12(15)5-4-11-3-2-6-17-11/h2-3,6,8H,4-5,7H2,1H3,(H,13,15). The van der Waals surface area contributed by atoms with Crippen LogP contribution in [0, 0.1) is 6.92 Å². The SMILES string of the molecule is Cc1nc(CNC(=O)CCc2cccs2)co1. The molecule has 2 aromatic heterocycles. The third-order valence-corrected chi connectivity index (χ3v) is 3.25. The van der Waals surface area contributed by atoms with Gasteiger partial charge in [0, 0.05) is 18.2 Å². The van der Waals surface area contributed by atoms with Crippen molar-refractivity contribution in [2.75, 3.05) is 0 Å². The van der Waals surface area contributed by atoms with Crippen LogP contribution in [0.15, 0.2) is 28.2 Å². The van der Waals surface area contributed by atoms with Gasteiger partial charge in [0.05, 0.1) is 12.2 Å². The van der Waals surface area contributed by atoms with E-state index in [-0.39, 0.29) is 5.91 Å². The summed E-state index contributed by atoms with van der Waals surface area (Å²) in [7, 11) is 0. The van der Waals surface area contributed by atoms with Crippen LogP contribution in [0.5, 0.6) is 0 Å². The van der Waals surface area contributed by atoms with Crippen LogP contribution >= 0.6 is 11.3 Å². The number of nitrogens with one attached hydrogen (secondary N) is 1. The molecule has 90 valence electrons. The van der Waals surface area contributed by atoms with Gasteiger partial charge in [0.25, 0.3) is 0 Å². The number of aryl methyl sites for hydroxylation is 2. The van der Waals surface area contributed by atoms with Crippen molar-refractivity contribution in [3.8, 4) is 0 Å². The van der Waals surface area contributed by atoms with E-state index in [1.165, 1.54) is 4.88 Å². The number of nitrogens with zero attached hydrogens (tertiary/aromatic N) is 1. The van der Waals surface area contributed by atoms with E-state index in [1.54, 1.807) is 24.5 Å². The van der Waals surface area contributed by atoms with E-state index in [4.69, 9.17) is 4.42 Å². The zero-order valence-electron chi connectivity index (χ0n) is 9.60. The molecule has 17 heavy (non-hydrogen) atoms. The molecule has 0 aliphatic carbocycles. The molecule has 0 saturated heterocycles. The monoisotopic (exact) mass is 250 g/mol. The number of carbonyl (C=O) groups excluding carboxylic acids is 1. The first-order chi connectivity index (χ1) is 8.24. The molecular weight excluding hydrogens is 236 g/mol. The molecule has 0 aliphatic heterocycles. The maximum absolute atomic E-state index is 11.6. The van der Waals surface area contributed by atoms with Crippen molar-refractivity contribution in [1.82, 2.24) is 10.3 Å².